The van der Waals surface area contributed by atoms with Gasteiger partial charge in [-0.1, -0.05) is 33.1 Å². The van der Waals surface area contributed by atoms with E-state index in [1.54, 1.807) is 0 Å². The van der Waals surface area contributed by atoms with Crippen LogP contribution in [0.1, 0.15) is 65.7 Å². The highest BCUT2D eigenvalue weighted by molar-refractivity contribution is 5.02. The van der Waals surface area contributed by atoms with Crippen molar-refractivity contribution in [1.29, 1.82) is 0 Å². The zero-order valence-electron chi connectivity index (χ0n) is 14.7. The van der Waals surface area contributed by atoms with E-state index >= 15 is 0 Å². The van der Waals surface area contributed by atoms with Crippen LogP contribution in [-0.4, -0.2) is 49.8 Å². The Morgan fingerprint density at radius 1 is 1.19 bits per heavy atom. The maximum Gasteiger partial charge on any atom is 0.0655 e. The molecule has 0 bridgehead atoms. The van der Waals surface area contributed by atoms with Gasteiger partial charge in [-0.15, -0.1) is 0 Å². The molecule has 1 N–H and O–H groups in total. The molecule has 0 aliphatic heterocycles. The van der Waals surface area contributed by atoms with Crippen LogP contribution >= 0.6 is 0 Å². The van der Waals surface area contributed by atoms with Crippen LogP contribution in [0.25, 0.3) is 0 Å². The second-order valence-electron chi connectivity index (χ2n) is 7.63. The van der Waals surface area contributed by atoms with Crippen LogP contribution in [0, 0.1) is 5.41 Å². The minimum absolute atomic E-state index is 0.297. The summed E-state index contributed by atoms with van der Waals surface area (Å²) in [4.78, 5) is 2.59. The molecular formula is C18H36N2O. The Hall–Kier alpha value is -0.120. The molecule has 0 spiro atoms. The zero-order chi connectivity index (χ0) is 15.3. The summed E-state index contributed by atoms with van der Waals surface area (Å²) in [6.45, 7) is 9.99. The van der Waals surface area contributed by atoms with Crippen LogP contribution in [0.4, 0.5) is 0 Å². The molecule has 0 amide bonds. The van der Waals surface area contributed by atoms with Gasteiger partial charge in [-0.05, 0) is 52.7 Å². The number of hydrogen-bond acceptors (Lipinski definition) is 3. The predicted molar refractivity (Wildman–Crippen MR) is 89.7 cm³/mol. The van der Waals surface area contributed by atoms with Crippen molar-refractivity contribution in [3.63, 3.8) is 0 Å². The minimum Gasteiger partial charge on any atom is -0.378 e. The van der Waals surface area contributed by atoms with Gasteiger partial charge in [0.2, 0.25) is 0 Å². The third kappa shape index (κ3) is 4.43. The van der Waals surface area contributed by atoms with Gasteiger partial charge in [-0.2, -0.15) is 0 Å². The topological polar surface area (TPSA) is 24.5 Å². The van der Waals surface area contributed by atoms with Gasteiger partial charge in [0.25, 0.3) is 0 Å². The van der Waals surface area contributed by atoms with E-state index in [1.165, 1.54) is 51.5 Å². The fourth-order valence-electron chi connectivity index (χ4n) is 4.02. The lowest BCUT2D eigenvalue weighted by Gasteiger charge is -2.52. The molecule has 2 saturated carbocycles. The van der Waals surface area contributed by atoms with Crippen molar-refractivity contribution >= 4 is 0 Å². The third-order valence-corrected chi connectivity index (χ3v) is 5.82. The maximum absolute atomic E-state index is 5.80. The van der Waals surface area contributed by atoms with E-state index in [4.69, 9.17) is 4.74 Å². The molecule has 3 nitrogen and oxygen atoms in total. The van der Waals surface area contributed by atoms with Crippen molar-refractivity contribution in [2.24, 2.45) is 5.41 Å². The molecule has 0 heterocycles. The smallest absolute Gasteiger partial charge is 0.0655 e. The normalized spacial score (nSPS) is 29.6. The van der Waals surface area contributed by atoms with Crippen molar-refractivity contribution in [2.45, 2.75) is 83.9 Å². The Morgan fingerprint density at radius 3 is 2.52 bits per heavy atom. The second kappa shape index (κ2) is 7.94. The van der Waals surface area contributed by atoms with E-state index in [1.807, 2.05) is 0 Å². The molecule has 2 unspecified atom stereocenters. The Bertz CT molecular complexity index is 300. The first-order valence-electron chi connectivity index (χ1n) is 9.11. The number of hydrogen-bond donors (Lipinski definition) is 1. The van der Waals surface area contributed by atoms with Crippen molar-refractivity contribution in [3.8, 4) is 0 Å². The molecule has 2 fully saturated rings. The van der Waals surface area contributed by atoms with Crippen molar-refractivity contribution in [3.05, 3.63) is 0 Å². The van der Waals surface area contributed by atoms with Gasteiger partial charge >= 0.3 is 0 Å². The summed E-state index contributed by atoms with van der Waals surface area (Å²) < 4.78 is 5.80. The van der Waals surface area contributed by atoms with E-state index in [-0.39, 0.29) is 0 Å². The summed E-state index contributed by atoms with van der Waals surface area (Å²) in [5, 5.41) is 3.75. The second-order valence-corrected chi connectivity index (χ2v) is 7.63. The summed E-state index contributed by atoms with van der Waals surface area (Å²) in [6, 6.07) is 1.48. The molecule has 21 heavy (non-hydrogen) atoms. The quantitative estimate of drug-likeness (QED) is 0.695. The first kappa shape index (κ1) is 17.2. The Morgan fingerprint density at radius 2 is 1.90 bits per heavy atom. The first-order chi connectivity index (χ1) is 10.1. The van der Waals surface area contributed by atoms with Crippen LogP contribution in [-0.2, 0) is 4.74 Å². The Kier molecular flexibility index (Phi) is 6.51. The maximum atomic E-state index is 5.80. The number of nitrogens with zero attached hydrogens (tertiary/aromatic N) is 1. The van der Waals surface area contributed by atoms with E-state index in [2.05, 4.69) is 38.0 Å². The molecule has 124 valence electrons. The van der Waals surface area contributed by atoms with Crippen molar-refractivity contribution < 1.29 is 4.74 Å². The van der Waals surface area contributed by atoms with Gasteiger partial charge in [-0.25, -0.2) is 0 Å². The van der Waals surface area contributed by atoms with E-state index in [0.29, 0.717) is 17.6 Å². The van der Waals surface area contributed by atoms with Crippen molar-refractivity contribution in [1.82, 2.24) is 10.2 Å². The first-order valence-corrected chi connectivity index (χ1v) is 9.11. The molecular weight excluding hydrogens is 260 g/mol. The largest absolute Gasteiger partial charge is 0.378 e. The van der Waals surface area contributed by atoms with Crippen LogP contribution in [0.3, 0.4) is 0 Å². The van der Waals surface area contributed by atoms with Crippen LogP contribution in [0.15, 0.2) is 0 Å². The molecule has 3 heteroatoms. The molecule has 0 radical (unpaired) electrons. The summed E-state index contributed by atoms with van der Waals surface area (Å²) in [6.07, 6.45) is 10.0. The van der Waals surface area contributed by atoms with Crippen molar-refractivity contribution in [2.75, 3.05) is 26.7 Å². The molecule has 2 aliphatic rings. The SMILES string of the molecule is CCOC1CC(NCCCN(C)C2CCCCC2)C1(C)C. The lowest BCUT2D eigenvalue weighted by molar-refractivity contribution is -0.114. The van der Waals surface area contributed by atoms with E-state index in [0.717, 1.165) is 19.2 Å². The number of rotatable bonds is 8. The van der Waals surface area contributed by atoms with Gasteiger partial charge < -0.3 is 15.0 Å². The lowest BCUT2D eigenvalue weighted by atomic mass is 9.64. The molecule has 0 saturated heterocycles. The van der Waals surface area contributed by atoms with Crippen LogP contribution in [0.5, 0.6) is 0 Å². The monoisotopic (exact) mass is 296 g/mol. The highest BCUT2D eigenvalue weighted by Gasteiger charge is 2.48. The average molecular weight is 296 g/mol. The summed E-state index contributed by atoms with van der Waals surface area (Å²) in [5.41, 5.74) is 0.297. The molecule has 2 rings (SSSR count). The third-order valence-electron chi connectivity index (χ3n) is 5.82. The van der Waals surface area contributed by atoms with Gasteiger partial charge in [0.1, 0.15) is 0 Å². The molecule has 0 aromatic rings. The minimum atomic E-state index is 0.297. The highest BCUT2D eigenvalue weighted by Crippen LogP contribution is 2.42. The fourth-order valence-corrected chi connectivity index (χ4v) is 4.02. The van der Waals surface area contributed by atoms with E-state index < -0.39 is 0 Å². The summed E-state index contributed by atoms with van der Waals surface area (Å²) in [7, 11) is 2.31. The van der Waals surface area contributed by atoms with Crippen LogP contribution < -0.4 is 5.32 Å². The zero-order valence-corrected chi connectivity index (χ0v) is 14.7. The molecule has 2 atom stereocenters. The van der Waals surface area contributed by atoms with Gasteiger partial charge in [-0.3, -0.25) is 0 Å². The average Bonchev–Trinajstić information content (AvgIpc) is 2.50. The fraction of sp³-hybridized carbons (Fsp3) is 1.00. The van der Waals surface area contributed by atoms with Gasteiger partial charge in [0, 0.05) is 24.1 Å². The number of nitrogens with one attached hydrogen (secondary N) is 1. The highest BCUT2D eigenvalue weighted by atomic mass is 16.5. The lowest BCUT2D eigenvalue weighted by Crippen LogP contribution is -2.61. The predicted octanol–water partition coefficient (Wildman–Crippen LogP) is 3.43. The molecule has 0 aromatic heterocycles. The van der Waals surface area contributed by atoms with Crippen LogP contribution in [0.2, 0.25) is 0 Å². The Labute approximate surface area is 131 Å². The van der Waals surface area contributed by atoms with Gasteiger partial charge in [0.05, 0.1) is 6.10 Å². The molecule has 2 aliphatic carbocycles. The van der Waals surface area contributed by atoms with E-state index in [9.17, 15) is 0 Å². The molecule has 0 aromatic carbocycles. The summed E-state index contributed by atoms with van der Waals surface area (Å²) in [5.74, 6) is 0. The number of ether oxygens (including phenoxy) is 1. The van der Waals surface area contributed by atoms with Gasteiger partial charge in [0.15, 0.2) is 0 Å². The summed E-state index contributed by atoms with van der Waals surface area (Å²) >= 11 is 0. The Balaban J connectivity index is 1.58. The standard InChI is InChI=1S/C18H36N2O/c1-5-21-17-14-16(18(17,2)3)19-12-9-13-20(4)15-10-7-6-8-11-15/h15-17,19H,5-14H2,1-4H3.